The van der Waals surface area contributed by atoms with E-state index in [4.69, 9.17) is 9.47 Å². The van der Waals surface area contributed by atoms with E-state index in [2.05, 4.69) is 6.58 Å². The van der Waals surface area contributed by atoms with Gasteiger partial charge >= 0.3 is 5.97 Å². The SMILES string of the molecule is C=CCc1cc(OCc2ccccc2)c(OCc2ccccc2)c(C(=O)O)c1. The first-order chi connectivity index (χ1) is 13.7. The third-order valence-electron chi connectivity index (χ3n) is 4.19. The first-order valence-electron chi connectivity index (χ1n) is 9.02. The van der Waals surface area contributed by atoms with Gasteiger partial charge in [0.2, 0.25) is 0 Å². The van der Waals surface area contributed by atoms with Crippen LogP contribution in [0.5, 0.6) is 11.5 Å². The molecular formula is C24H22O4. The highest BCUT2D eigenvalue weighted by Crippen LogP contribution is 2.35. The van der Waals surface area contributed by atoms with Crippen molar-refractivity contribution >= 4 is 5.97 Å². The average molecular weight is 374 g/mol. The molecule has 3 rings (SSSR count). The van der Waals surface area contributed by atoms with Crippen molar-refractivity contribution in [2.45, 2.75) is 19.6 Å². The number of rotatable bonds is 9. The number of allylic oxidation sites excluding steroid dienone is 1. The molecule has 0 radical (unpaired) electrons. The summed E-state index contributed by atoms with van der Waals surface area (Å²) in [5, 5.41) is 9.70. The van der Waals surface area contributed by atoms with Crippen LogP contribution in [0.2, 0.25) is 0 Å². The Bertz CT molecular complexity index is 934. The number of hydrogen-bond acceptors (Lipinski definition) is 3. The Balaban J connectivity index is 1.92. The van der Waals surface area contributed by atoms with Crippen LogP contribution in [-0.4, -0.2) is 11.1 Å². The van der Waals surface area contributed by atoms with Gasteiger partial charge in [0.15, 0.2) is 11.5 Å². The monoisotopic (exact) mass is 374 g/mol. The summed E-state index contributed by atoms with van der Waals surface area (Å²) in [5.74, 6) is -0.407. The number of aromatic carboxylic acids is 1. The van der Waals surface area contributed by atoms with E-state index in [-0.39, 0.29) is 17.9 Å². The zero-order valence-electron chi connectivity index (χ0n) is 15.5. The summed E-state index contributed by atoms with van der Waals surface area (Å²) >= 11 is 0. The Hall–Kier alpha value is -3.53. The molecule has 1 N–H and O–H groups in total. The van der Waals surface area contributed by atoms with Crippen molar-refractivity contribution in [3.63, 3.8) is 0 Å². The van der Waals surface area contributed by atoms with Crippen LogP contribution in [0, 0.1) is 0 Å². The molecule has 0 aliphatic heterocycles. The smallest absolute Gasteiger partial charge is 0.339 e. The summed E-state index contributed by atoms with van der Waals surface area (Å²) in [6.07, 6.45) is 2.27. The van der Waals surface area contributed by atoms with Crippen molar-refractivity contribution in [2.75, 3.05) is 0 Å². The maximum absolute atomic E-state index is 11.9. The highest BCUT2D eigenvalue weighted by atomic mass is 16.5. The predicted molar refractivity (Wildman–Crippen MR) is 109 cm³/mol. The molecule has 0 saturated heterocycles. The molecule has 0 bridgehead atoms. The van der Waals surface area contributed by atoms with Gasteiger partial charge in [0.1, 0.15) is 18.8 Å². The Labute approximate surface area is 164 Å². The predicted octanol–water partition coefficient (Wildman–Crippen LogP) is 5.27. The van der Waals surface area contributed by atoms with Gasteiger partial charge in [-0.2, -0.15) is 0 Å². The van der Waals surface area contributed by atoms with Crippen LogP contribution in [0.25, 0.3) is 0 Å². The van der Waals surface area contributed by atoms with Crippen LogP contribution in [-0.2, 0) is 19.6 Å². The summed E-state index contributed by atoms with van der Waals surface area (Å²) in [5.41, 5.74) is 2.83. The van der Waals surface area contributed by atoms with Crippen molar-refractivity contribution in [1.29, 1.82) is 0 Å². The molecular weight excluding hydrogens is 352 g/mol. The van der Waals surface area contributed by atoms with Crippen molar-refractivity contribution in [3.8, 4) is 11.5 Å². The molecule has 3 aromatic rings. The van der Waals surface area contributed by atoms with Crippen molar-refractivity contribution in [2.24, 2.45) is 0 Å². The first-order valence-corrected chi connectivity index (χ1v) is 9.02. The van der Waals surface area contributed by atoms with Crippen LogP contribution >= 0.6 is 0 Å². The Morgan fingerprint density at radius 2 is 1.43 bits per heavy atom. The van der Waals surface area contributed by atoms with E-state index in [1.807, 2.05) is 66.7 Å². The number of carboxylic acid groups (broad SMARTS) is 1. The molecule has 0 heterocycles. The molecule has 0 atom stereocenters. The maximum Gasteiger partial charge on any atom is 0.339 e. The molecule has 0 fully saturated rings. The molecule has 0 aliphatic carbocycles. The average Bonchev–Trinajstić information content (AvgIpc) is 2.72. The topological polar surface area (TPSA) is 55.8 Å². The van der Waals surface area contributed by atoms with Crippen LogP contribution in [0.3, 0.4) is 0 Å². The molecule has 0 saturated carbocycles. The summed E-state index contributed by atoms with van der Waals surface area (Å²) in [4.78, 5) is 11.9. The van der Waals surface area contributed by atoms with Crippen LogP contribution < -0.4 is 9.47 Å². The number of benzene rings is 3. The molecule has 0 amide bonds. The molecule has 28 heavy (non-hydrogen) atoms. The zero-order valence-corrected chi connectivity index (χ0v) is 15.5. The maximum atomic E-state index is 11.9. The van der Waals surface area contributed by atoms with E-state index < -0.39 is 5.97 Å². The minimum absolute atomic E-state index is 0.0818. The second-order valence-corrected chi connectivity index (χ2v) is 6.32. The molecule has 142 valence electrons. The van der Waals surface area contributed by atoms with Gasteiger partial charge in [0.05, 0.1) is 0 Å². The van der Waals surface area contributed by atoms with Gasteiger partial charge in [-0.25, -0.2) is 4.79 Å². The molecule has 4 nitrogen and oxygen atoms in total. The van der Waals surface area contributed by atoms with E-state index in [9.17, 15) is 9.90 Å². The van der Waals surface area contributed by atoms with Gasteiger partial charge in [-0.15, -0.1) is 6.58 Å². The van der Waals surface area contributed by atoms with E-state index in [1.54, 1.807) is 12.1 Å². The number of carboxylic acids is 1. The second kappa shape index (κ2) is 9.42. The van der Waals surface area contributed by atoms with E-state index in [0.29, 0.717) is 18.8 Å². The van der Waals surface area contributed by atoms with E-state index in [0.717, 1.165) is 16.7 Å². The van der Waals surface area contributed by atoms with Crippen molar-refractivity contribution in [3.05, 3.63) is 108 Å². The fourth-order valence-corrected chi connectivity index (χ4v) is 2.82. The minimum Gasteiger partial charge on any atom is -0.485 e. The van der Waals surface area contributed by atoms with E-state index in [1.165, 1.54) is 0 Å². The van der Waals surface area contributed by atoms with Crippen LogP contribution in [0.15, 0.2) is 85.5 Å². The van der Waals surface area contributed by atoms with Gasteiger partial charge in [0, 0.05) is 0 Å². The summed E-state index contributed by atoms with van der Waals surface area (Å²) in [6, 6.07) is 22.7. The molecule has 0 spiro atoms. The Morgan fingerprint density at radius 1 is 0.857 bits per heavy atom. The lowest BCUT2D eigenvalue weighted by Crippen LogP contribution is -2.08. The second-order valence-electron chi connectivity index (χ2n) is 6.32. The molecule has 4 heteroatoms. The fourth-order valence-electron chi connectivity index (χ4n) is 2.82. The zero-order chi connectivity index (χ0) is 19.8. The Morgan fingerprint density at radius 3 is 1.96 bits per heavy atom. The first kappa shape index (κ1) is 19.2. The Kier molecular flexibility index (Phi) is 6.47. The lowest BCUT2D eigenvalue weighted by molar-refractivity contribution is 0.0690. The summed E-state index contributed by atoms with van der Waals surface area (Å²) < 4.78 is 11.9. The van der Waals surface area contributed by atoms with Gasteiger partial charge in [0.25, 0.3) is 0 Å². The summed E-state index contributed by atoms with van der Waals surface area (Å²) in [6.45, 7) is 4.30. The molecule has 0 aromatic heterocycles. The highest BCUT2D eigenvalue weighted by molar-refractivity contribution is 5.92. The lowest BCUT2D eigenvalue weighted by atomic mass is 10.1. The third-order valence-corrected chi connectivity index (χ3v) is 4.19. The lowest BCUT2D eigenvalue weighted by Gasteiger charge is -2.17. The number of carbonyl (C=O) groups is 1. The van der Waals surface area contributed by atoms with Crippen molar-refractivity contribution < 1.29 is 19.4 Å². The quantitative estimate of drug-likeness (QED) is 0.518. The number of ether oxygens (including phenoxy) is 2. The van der Waals surface area contributed by atoms with Crippen LogP contribution in [0.1, 0.15) is 27.0 Å². The normalized spacial score (nSPS) is 10.3. The number of hydrogen-bond donors (Lipinski definition) is 1. The summed E-state index contributed by atoms with van der Waals surface area (Å²) in [7, 11) is 0. The van der Waals surface area contributed by atoms with Crippen molar-refractivity contribution in [1.82, 2.24) is 0 Å². The third kappa shape index (κ3) is 5.01. The van der Waals surface area contributed by atoms with Gasteiger partial charge in [-0.3, -0.25) is 0 Å². The standard InChI is InChI=1S/C24H22O4/c1-2-9-20-14-21(24(25)26)23(28-17-19-12-7-4-8-13-19)22(15-20)27-16-18-10-5-3-6-11-18/h2-8,10-15H,1,9,16-17H2,(H,25,26). The van der Waals surface area contributed by atoms with E-state index >= 15 is 0 Å². The molecule has 0 unspecified atom stereocenters. The largest absolute Gasteiger partial charge is 0.485 e. The highest BCUT2D eigenvalue weighted by Gasteiger charge is 2.19. The molecule has 3 aromatic carbocycles. The van der Waals surface area contributed by atoms with Gasteiger partial charge < -0.3 is 14.6 Å². The van der Waals surface area contributed by atoms with Crippen LogP contribution in [0.4, 0.5) is 0 Å². The van der Waals surface area contributed by atoms with Gasteiger partial charge in [-0.05, 0) is 35.2 Å². The van der Waals surface area contributed by atoms with Gasteiger partial charge in [-0.1, -0.05) is 66.7 Å². The molecule has 0 aliphatic rings. The minimum atomic E-state index is -1.06. The fraction of sp³-hybridized carbons (Fsp3) is 0.125.